The Balaban J connectivity index is 1.64. The van der Waals surface area contributed by atoms with E-state index in [4.69, 9.17) is 11.6 Å². The van der Waals surface area contributed by atoms with Crippen LogP contribution in [0.2, 0.25) is 5.02 Å². The van der Waals surface area contributed by atoms with Crippen molar-refractivity contribution in [3.63, 3.8) is 0 Å². The van der Waals surface area contributed by atoms with E-state index in [2.05, 4.69) is 38.3 Å². The molecule has 1 aromatic rings. The largest absolute Gasteiger partial charge is 0.370 e. The van der Waals surface area contributed by atoms with Crippen LogP contribution >= 0.6 is 27.5 Å². The summed E-state index contributed by atoms with van der Waals surface area (Å²) in [6.45, 7) is 5.48. The third-order valence-corrected chi connectivity index (χ3v) is 5.17. The van der Waals surface area contributed by atoms with E-state index < -0.39 is 0 Å². The van der Waals surface area contributed by atoms with Crippen LogP contribution in [0, 0.1) is 12.8 Å². The second-order valence-corrected chi connectivity index (χ2v) is 7.10. The Morgan fingerprint density at radius 1 is 1.37 bits per heavy atom. The van der Waals surface area contributed by atoms with Crippen LogP contribution in [-0.4, -0.2) is 25.7 Å². The van der Waals surface area contributed by atoms with Gasteiger partial charge in [0.2, 0.25) is 0 Å². The lowest BCUT2D eigenvalue weighted by molar-refractivity contribution is 0.515. The smallest absolute Gasteiger partial charge is 0.0525 e. The molecule has 1 heterocycles. The van der Waals surface area contributed by atoms with Crippen molar-refractivity contribution >= 4 is 33.2 Å². The van der Waals surface area contributed by atoms with Gasteiger partial charge in [-0.3, -0.25) is 0 Å². The first kappa shape index (κ1) is 13.7. The van der Waals surface area contributed by atoms with Gasteiger partial charge in [0.15, 0.2) is 0 Å². The van der Waals surface area contributed by atoms with E-state index in [-0.39, 0.29) is 0 Å². The van der Waals surface area contributed by atoms with Crippen molar-refractivity contribution in [2.45, 2.75) is 32.2 Å². The average molecular weight is 344 g/mol. The lowest BCUT2D eigenvalue weighted by atomic mass is 10.1. The van der Waals surface area contributed by atoms with Crippen LogP contribution in [-0.2, 0) is 0 Å². The molecule has 0 spiro atoms. The van der Waals surface area contributed by atoms with E-state index in [9.17, 15) is 0 Å². The van der Waals surface area contributed by atoms with Gasteiger partial charge in [-0.25, -0.2) is 0 Å². The molecule has 1 aliphatic carbocycles. The van der Waals surface area contributed by atoms with Gasteiger partial charge in [0.1, 0.15) is 0 Å². The molecule has 2 fully saturated rings. The predicted molar refractivity (Wildman–Crippen MR) is 85.2 cm³/mol. The van der Waals surface area contributed by atoms with Crippen molar-refractivity contribution in [3.8, 4) is 0 Å². The van der Waals surface area contributed by atoms with E-state index in [1.165, 1.54) is 31.5 Å². The molecule has 1 aliphatic heterocycles. The van der Waals surface area contributed by atoms with Crippen LogP contribution in [0.4, 0.5) is 5.69 Å². The predicted octanol–water partition coefficient (Wildman–Crippen LogP) is 3.99. The molecule has 1 atom stereocenters. The number of hydrogen-bond donors (Lipinski definition) is 1. The highest BCUT2D eigenvalue weighted by Gasteiger charge is 2.27. The van der Waals surface area contributed by atoms with Crippen molar-refractivity contribution in [3.05, 3.63) is 27.2 Å². The minimum atomic E-state index is 0.771. The number of aryl methyl sites for hydroxylation is 1. The van der Waals surface area contributed by atoms with Gasteiger partial charge in [0.25, 0.3) is 0 Å². The molecule has 0 aromatic heterocycles. The molecule has 1 aromatic carbocycles. The topological polar surface area (TPSA) is 15.3 Å². The molecule has 19 heavy (non-hydrogen) atoms. The molecule has 1 unspecified atom stereocenters. The van der Waals surface area contributed by atoms with Crippen molar-refractivity contribution in [1.29, 1.82) is 0 Å². The highest BCUT2D eigenvalue weighted by molar-refractivity contribution is 9.10. The Morgan fingerprint density at radius 2 is 2.16 bits per heavy atom. The van der Waals surface area contributed by atoms with E-state index >= 15 is 0 Å². The fraction of sp³-hybridized carbons (Fsp3) is 0.600. The normalized spacial score (nSPS) is 23.1. The highest BCUT2D eigenvalue weighted by atomic mass is 79.9. The van der Waals surface area contributed by atoms with Gasteiger partial charge >= 0.3 is 0 Å². The average Bonchev–Trinajstić information content (AvgIpc) is 3.09. The van der Waals surface area contributed by atoms with E-state index in [0.29, 0.717) is 0 Å². The van der Waals surface area contributed by atoms with Crippen LogP contribution in [0.25, 0.3) is 0 Å². The Hall–Kier alpha value is -0.250. The van der Waals surface area contributed by atoms with Gasteiger partial charge in [0.05, 0.1) is 5.69 Å². The van der Waals surface area contributed by atoms with E-state index in [0.717, 1.165) is 40.1 Å². The van der Waals surface area contributed by atoms with Gasteiger partial charge in [-0.15, -0.1) is 0 Å². The first-order valence-corrected chi connectivity index (χ1v) is 8.24. The summed E-state index contributed by atoms with van der Waals surface area (Å²) in [5, 5.41) is 4.50. The molecule has 104 valence electrons. The number of nitrogens with zero attached hydrogens (tertiary/aromatic N) is 1. The summed E-state index contributed by atoms with van der Waals surface area (Å²) in [6, 6.07) is 5.03. The number of nitrogens with one attached hydrogen (secondary N) is 1. The van der Waals surface area contributed by atoms with Crippen molar-refractivity contribution in [2.75, 3.05) is 24.5 Å². The molecule has 1 N–H and O–H groups in total. The lowest BCUT2D eigenvalue weighted by Gasteiger charge is -2.21. The number of halogens is 2. The Morgan fingerprint density at radius 3 is 2.89 bits per heavy atom. The lowest BCUT2D eigenvalue weighted by Crippen LogP contribution is -2.27. The van der Waals surface area contributed by atoms with Crippen molar-refractivity contribution in [1.82, 2.24) is 5.32 Å². The van der Waals surface area contributed by atoms with Crippen LogP contribution in [0.1, 0.15) is 24.8 Å². The second-order valence-electron chi connectivity index (χ2n) is 5.84. The monoisotopic (exact) mass is 342 g/mol. The SMILES string of the molecule is Cc1cc(Br)c(N2CCC(CNC3CC3)C2)cc1Cl. The van der Waals surface area contributed by atoms with Gasteiger partial charge in [-0.2, -0.15) is 0 Å². The number of rotatable bonds is 4. The highest BCUT2D eigenvalue weighted by Crippen LogP contribution is 2.34. The summed E-state index contributed by atoms with van der Waals surface area (Å²) >= 11 is 9.92. The second kappa shape index (κ2) is 5.63. The Kier molecular flexibility index (Phi) is 4.06. The molecule has 3 rings (SSSR count). The standard InChI is InChI=1S/C15H20BrClN2/c1-10-6-13(16)15(7-14(10)17)19-5-4-11(9-19)8-18-12-2-3-12/h6-7,11-12,18H,2-5,8-9H2,1H3. The fourth-order valence-corrected chi connectivity index (χ4v) is 3.58. The zero-order valence-electron chi connectivity index (χ0n) is 11.3. The zero-order chi connectivity index (χ0) is 13.4. The maximum Gasteiger partial charge on any atom is 0.0525 e. The van der Waals surface area contributed by atoms with Crippen LogP contribution in [0.5, 0.6) is 0 Å². The quantitative estimate of drug-likeness (QED) is 0.889. The number of hydrogen-bond acceptors (Lipinski definition) is 2. The van der Waals surface area contributed by atoms with Crippen LogP contribution in [0.15, 0.2) is 16.6 Å². The minimum Gasteiger partial charge on any atom is -0.370 e. The molecule has 0 radical (unpaired) electrons. The number of anilines is 1. The van der Waals surface area contributed by atoms with Gasteiger partial charge in [-0.1, -0.05) is 11.6 Å². The number of benzene rings is 1. The Labute approximate surface area is 128 Å². The molecule has 0 amide bonds. The summed E-state index contributed by atoms with van der Waals surface area (Å²) in [5.41, 5.74) is 2.37. The molecule has 1 saturated heterocycles. The fourth-order valence-electron chi connectivity index (χ4n) is 2.72. The third kappa shape index (κ3) is 3.26. The summed E-state index contributed by atoms with van der Waals surface area (Å²) in [6.07, 6.45) is 4.02. The van der Waals surface area contributed by atoms with Crippen LogP contribution in [0.3, 0.4) is 0 Å². The maximum absolute atomic E-state index is 6.25. The summed E-state index contributed by atoms with van der Waals surface area (Å²) in [7, 11) is 0. The Bertz CT molecular complexity index is 473. The van der Waals surface area contributed by atoms with Gasteiger partial charge < -0.3 is 10.2 Å². The first-order chi connectivity index (χ1) is 9.13. The van der Waals surface area contributed by atoms with Crippen molar-refractivity contribution in [2.24, 2.45) is 5.92 Å². The zero-order valence-corrected chi connectivity index (χ0v) is 13.6. The third-order valence-electron chi connectivity index (χ3n) is 4.13. The first-order valence-electron chi connectivity index (χ1n) is 7.07. The molecular weight excluding hydrogens is 324 g/mol. The molecule has 1 saturated carbocycles. The molecule has 4 heteroatoms. The minimum absolute atomic E-state index is 0.771. The van der Waals surface area contributed by atoms with Gasteiger partial charge in [-0.05, 0) is 72.3 Å². The summed E-state index contributed by atoms with van der Waals surface area (Å²) in [4.78, 5) is 2.45. The maximum atomic E-state index is 6.25. The molecule has 2 aliphatic rings. The van der Waals surface area contributed by atoms with E-state index in [1.54, 1.807) is 0 Å². The van der Waals surface area contributed by atoms with Gasteiger partial charge in [0, 0.05) is 28.6 Å². The molecule has 0 bridgehead atoms. The summed E-state index contributed by atoms with van der Waals surface area (Å²) in [5.74, 6) is 0.771. The molecule has 2 nitrogen and oxygen atoms in total. The molecular formula is C15H20BrClN2. The van der Waals surface area contributed by atoms with E-state index in [1.807, 2.05) is 6.92 Å². The van der Waals surface area contributed by atoms with Crippen LogP contribution < -0.4 is 10.2 Å². The summed E-state index contributed by atoms with van der Waals surface area (Å²) < 4.78 is 1.16. The van der Waals surface area contributed by atoms with Crippen molar-refractivity contribution < 1.29 is 0 Å².